The van der Waals surface area contributed by atoms with E-state index in [0.717, 1.165) is 47.7 Å². The van der Waals surface area contributed by atoms with Crippen molar-refractivity contribution in [2.75, 3.05) is 5.32 Å². The van der Waals surface area contributed by atoms with Gasteiger partial charge in [-0.3, -0.25) is 4.98 Å². The van der Waals surface area contributed by atoms with E-state index in [1.54, 1.807) is 6.20 Å². The van der Waals surface area contributed by atoms with Gasteiger partial charge in [0.2, 0.25) is 0 Å². The number of aryl methyl sites for hydroxylation is 6. The lowest BCUT2D eigenvalue weighted by Gasteiger charge is -2.13. The second-order valence-electron chi connectivity index (χ2n) is 7.83. The molecule has 0 bridgehead atoms. The molecule has 0 aliphatic heterocycles. The van der Waals surface area contributed by atoms with E-state index in [-0.39, 0.29) is 0 Å². The monoisotopic (exact) mass is 429 g/mol. The average molecular weight is 430 g/mol. The van der Waals surface area contributed by atoms with E-state index < -0.39 is 0 Å². The number of pyridine rings is 2. The first-order chi connectivity index (χ1) is 15.5. The van der Waals surface area contributed by atoms with Crippen LogP contribution in [-0.4, -0.2) is 30.6 Å². The fourth-order valence-corrected chi connectivity index (χ4v) is 3.63. The smallest absolute Gasteiger partial charge is 0.174 e. The number of aromatic nitrogens is 6. The summed E-state index contributed by atoms with van der Waals surface area (Å²) in [5, 5.41) is 17.5. The molecule has 164 valence electrons. The zero-order valence-electron chi connectivity index (χ0n) is 18.8. The molecule has 0 saturated heterocycles. The molecule has 32 heavy (non-hydrogen) atoms. The molecule has 1 aromatic carbocycles. The van der Waals surface area contributed by atoms with Crippen LogP contribution in [0.25, 0.3) is 0 Å². The van der Waals surface area contributed by atoms with Gasteiger partial charge in [-0.15, -0.1) is 10.2 Å². The minimum atomic E-state index is 0.708. The highest BCUT2D eigenvalue weighted by Gasteiger charge is 2.09. The molecule has 3 aromatic heterocycles. The number of hydrogen-bond acceptors (Lipinski definition) is 7. The number of rotatable bonds is 8. The van der Waals surface area contributed by atoms with Crippen molar-refractivity contribution in [3.8, 4) is 11.5 Å². The minimum absolute atomic E-state index is 0.708. The molecule has 8 heteroatoms. The first-order valence-corrected chi connectivity index (χ1v) is 10.7. The summed E-state index contributed by atoms with van der Waals surface area (Å²) < 4.78 is 6.13. The van der Waals surface area contributed by atoms with Crippen LogP contribution >= 0.6 is 0 Å². The normalized spacial score (nSPS) is 10.9. The van der Waals surface area contributed by atoms with Gasteiger partial charge in [0.25, 0.3) is 0 Å². The van der Waals surface area contributed by atoms with Crippen molar-refractivity contribution < 1.29 is 4.74 Å². The van der Waals surface area contributed by atoms with Gasteiger partial charge in [-0.05, 0) is 74.6 Å². The lowest BCUT2D eigenvalue weighted by atomic mass is 10.1. The summed E-state index contributed by atoms with van der Waals surface area (Å²) in [6.45, 7) is 8.22. The van der Waals surface area contributed by atoms with Gasteiger partial charge in [0, 0.05) is 30.1 Å². The van der Waals surface area contributed by atoms with E-state index in [1.807, 2.05) is 25.1 Å². The Morgan fingerprint density at radius 2 is 1.91 bits per heavy atom. The van der Waals surface area contributed by atoms with Crippen LogP contribution in [0.5, 0.6) is 11.5 Å². The maximum Gasteiger partial charge on any atom is 0.174 e. The zero-order valence-corrected chi connectivity index (χ0v) is 18.8. The van der Waals surface area contributed by atoms with Crippen LogP contribution < -0.4 is 10.1 Å². The highest BCUT2D eigenvalue weighted by Crippen LogP contribution is 2.28. The third-order valence-corrected chi connectivity index (χ3v) is 5.19. The fourth-order valence-electron chi connectivity index (χ4n) is 3.63. The first-order valence-electron chi connectivity index (χ1n) is 10.7. The Bertz CT molecular complexity index is 1210. The fraction of sp³-hybridized carbons (Fsp3) is 0.292. The van der Waals surface area contributed by atoms with Crippen molar-refractivity contribution >= 4 is 11.5 Å². The summed E-state index contributed by atoms with van der Waals surface area (Å²) in [5.74, 6) is 2.89. The van der Waals surface area contributed by atoms with Crippen LogP contribution in [0.2, 0.25) is 0 Å². The topological polar surface area (TPSA) is 102 Å². The lowest BCUT2D eigenvalue weighted by molar-refractivity contribution is 0.474. The molecule has 3 heterocycles. The molecule has 8 nitrogen and oxygen atoms in total. The van der Waals surface area contributed by atoms with Gasteiger partial charge in [-0.25, -0.2) is 4.98 Å². The summed E-state index contributed by atoms with van der Waals surface area (Å²) in [4.78, 5) is 9.11. The molecule has 0 spiro atoms. The Morgan fingerprint density at radius 1 is 1.03 bits per heavy atom. The second-order valence-corrected chi connectivity index (χ2v) is 7.83. The second kappa shape index (κ2) is 9.55. The Morgan fingerprint density at radius 3 is 2.69 bits per heavy atom. The molecule has 4 aromatic rings. The molecule has 0 saturated carbocycles. The summed E-state index contributed by atoms with van der Waals surface area (Å²) in [6.07, 6.45) is 4.20. The van der Waals surface area contributed by atoms with Crippen LogP contribution in [0.1, 0.15) is 40.8 Å². The molecule has 0 unspecified atom stereocenters. The van der Waals surface area contributed by atoms with Gasteiger partial charge in [0.05, 0.1) is 5.69 Å². The Hall–Kier alpha value is -3.81. The predicted octanol–water partition coefficient (Wildman–Crippen LogP) is 4.80. The quantitative estimate of drug-likeness (QED) is 0.415. The van der Waals surface area contributed by atoms with Crippen molar-refractivity contribution in [1.29, 1.82) is 0 Å². The van der Waals surface area contributed by atoms with Gasteiger partial charge < -0.3 is 10.1 Å². The molecule has 0 fully saturated rings. The molecule has 0 atom stereocenters. The van der Waals surface area contributed by atoms with Crippen LogP contribution in [0.4, 0.5) is 11.5 Å². The number of aromatic amines is 1. The van der Waals surface area contributed by atoms with Crippen LogP contribution in [0.3, 0.4) is 0 Å². The Balaban J connectivity index is 1.49. The van der Waals surface area contributed by atoms with Crippen molar-refractivity contribution in [3.05, 3.63) is 76.5 Å². The van der Waals surface area contributed by atoms with Crippen molar-refractivity contribution in [1.82, 2.24) is 30.6 Å². The number of benzene rings is 1. The number of ether oxygens (including phenoxy) is 1. The van der Waals surface area contributed by atoms with E-state index in [9.17, 15) is 0 Å². The van der Waals surface area contributed by atoms with Gasteiger partial charge in [0.15, 0.2) is 5.82 Å². The van der Waals surface area contributed by atoms with Gasteiger partial charge >= 0.3 is 0 Å². The SMILES string of the molecule is CCc1nc(C)c(Oc2ccnc(Nc3cc(C)cc(CCc4nn[nH]n4)c3)c2)cc1C. The lowest BCUT2D eigenvalue weighted by Crippen LogP contribution is -2.00. The van der Waals surface area contributed by atoms with Crippen LogP contribution in [-0.2, 0) is 19.3 Å². The molecular weight excluding hydrogens is 402 g/mol. The molecular formula is C24H27N7O. The van der Waals surface area contributed by atoms with Gasteiger partial charge in [0.1, 0.15) is 17.3 Å². The first kappa shape index (κ1) is 21.4. The van der Waals surface area contributed by atoms with Crippen LogP contribution in [0.15, 0.2) is 42.6 Å². The van der Waals surface area contributed by atoms with Gasteiger partial charge in [-0.1, -0.05) is 18.2 Å². The average Bonchev–Trinajstić information content (AvgIpc) is 3.28. The third-order valence-electron chi connectivity index (χ3n) is 5.19. The van der Waals surface area contributed by atoms with Crippen molar-refractivity contribution in [3.63, 3.8) is 0 Å². The van der Waals surface area contributed by atoms with E-state index in [4.69, 9.17) is 4.74 Å². The maximum atomic E-state index is 6.13. The highest BCUT2D eigenvalue weighted by molar-refractivity contribution is 5.59. The highest BCUT2D eigenvalue weighted by atomic mass is 16.5. The predicted molar refractivity (Wildman–Crippen MR) is 123 cm³/mol. The largest absolute Gasteiger partial charge is 0.455 e. The molecule has 0 radical (unpaired) electrons. The van der Waals surface area contributed by atoms with Crippen molar-refractivity contribution in [2.24, 2.45) is 0 Å². The van der Waals surface area contributed by atoms with E-state index in [1.165, 1.54) is 11.1 Å². The molecule has 2 N–H and O–H groups in total. The van der Waals surface area contributed by atoms with E-state index >= 15 is 0 Å². The number of tetrazole rings is 1. The molecule has 4 rings (SSSR count). The van der Waals surface area contributed by atoms with Gasteiger partial charge in [-0.2, -0.15) is 5.21 Å². The summed E-state index contributed by atoms with van der Waals surface area (Å²) in [7, 11) is 0. The van der Waals surface area contributed by atoms with Crippen LogP contribution in [0, 0.1) is 20.8 Å². The number of nitrogens with one attached hydrogen (secondary N) is 2. The van der Waals surface area contributed by atoms with E-state index in [0.29, 0.717) is 17.4 Å². The third kappa shape index (κ3) is 5.26. The molecule has 0 amide bonds. The maximum absolute atomic E-state index is 6.13. The minimum Gasteiger partial charge on any atom is -0.455 e. The summed E-state index contributed by atoms with van der Waals surface area (Å²) in [5.41, 5.74) is 6.44. The number of H-pyrrole nitrogens is 1. The molecule has 0 aliphatic carbocycles. The van der Waals surface area contributed by atoms with Crippen molar-refractivity contribution in [2.45, 2.75) is 47.0 Å². The Kier molecular flexibility index (Phi) is 6.39. The summed E-state index contributed by atoms with van der Waals surface area (Å²) >= 11 is 0. The number of anilines is 2. The standard InChI is InChI=1S/C24H27N7O/c1-5-21-16(3)12-22(17(4)26-21)32-20-8-9-25-24(14-20)27-19-11-15(2)10-18(13-19)6-7-23-28-30-31-29-23/h8-14H,5-7H2,1-4H3,(H,25,27)(H,28,29,30,31). The summed E-state index contributed by atoms with van der Waals surface area (Å²) in [6, 6.07) is 12.2. The van der Waals surface area contributed by atoms with E-state index in [2.05, 4.69) is 74.9 Å². The Labute approximate surface area is 187 Å². The zero-order chi connectivity index (χ0) is 22.5. The number of hydrogen-bond donors (Lipinski definition) is 2. The number of nitrogens with zero attached hydrogens (tertiary/aromatic N) is 5. The molecule has 0 aliphatic rings.